The minimum absolute atomic E-state index is 0.0297. The lowest BCUT2D eigenvalue weighted by Gasteiger charge is -2.30. The molecule has 1 unspecified atom stereocenters. The topological polar surface area (TPSA) is 91.6 Å². The molecule has 0 heterocycles. The maximum Gasteiger partial charge on any atom is 0.223 e. The number of rotatable bonds is 14. The van der Waals surface area contributed by atoms with Gasteiger partial charge in [0.05, 0.1) is 18.8 Å². The number of nitrogens with zero attached hydrogens (tertiary/aromatic N) is 1. The Balaban J connectivity index is 1.89. The van der Waals surface area contributed by atoms with Crippen molar-refractivity contribution < 1.29 is 14.3 Å². The van der Waals surface area contributed by atoms with Crippen LogP contribution in [-0.4, -0.2) is 45.7 Å². The lowest BCUT2D eigenvalue weighted by atomic mass is 9.72. The largest absolute Gasteiger partial charge is 0.380 e. The van der Waals surface area contributed by atoms with Gasteiger partial charge in [-0.25, -0.2) is 5.53 Å². The molecule has 0 spiro atoms. The van der Waals surface area contributed by atoms with Crippen LogP contribution >= 0.6 is 0 Å². The molecule has 1 aliphatic carbocycles. The third-order valence-corrected chi connectivity index (χ3v) is 5.93. The zero-order valence-corrected chi connectivity index (χ0v) is 19.4. The molecule has 1 fully saturated rings. The Hall–Kier alpha value is -2.02. The third kappa shape index (κ3) is 7.56. The lowest BCUT2D eigenvalue weighted by molar-refractivity contribution is -0.122. The Bertz CT molecular complexity index is 795. The molecule has 2 atom stereocenters. The molecule has 1 aliphatic rings. The van der Waals surface area contributed by atoms with Crippen LogP contribution in [0, 0.1) is 25.3 Å². The van der Waals surface area contributed by atoms with E-state index in [0.717, 1.165) is 36.8 Å². The van der Waals surface area contributed by atoms with E-state index in [1.54, 1.807) is 0 Å². The number of hydrogen-bond acceptors (Lipinski definition) is 5. The van der Waals surface area contributed by atoms with E-state index in [9.17, 15) is 9.59 Å². The number of unbranched alkanes of at least 4 members (excludes halogenated alkanes) is 2. The van der Waals surface area contributed by atoms with Crippen LogP contribution in [0.3, 0.4) is 0 Å². The minimum atomic E-state index is -0.370. The maximum atomic E-state index is 12.6. The van der Waals surface area contributed by atoms with Crippen LogP contribution in [0.25, 0.3) is 0 Å². The van der Waals surface area contributed by atoms with Gasteiger partial charge in [-0.05, 0) is 67.6 Å². The van der Waals surface area contributed by atoms with Crippen LogP contribution in [0.4, 0.5) is 0 Å². The van der Waals surface area contributed by atoms with Crippen molar-refractivity contribution in [3.63, 3.8) is 0 Å². The van der Waals surface area contributed by atoms with Crippen molar-refractivity contribution in [2.24, 2.45) is 11.0 Å². The fraction of sp³-hybridized carbons (Fsp3) is 0.667. The van der Waals surface area contributed by atoms with E-state index >= 15 is 0 Å². The van der Waals surface area contributed by atoms with E-state index in [-0.39, 0.29) is 35.3 Å². The van der Waals surface area contributed by atoms with E-state index in [0.29, 0.717) is 26.3 Å². The van der Waals surface area contributed by atoms with Crippen molar-refractivity contribution >= 4 is 19.4 Å². The highest BCUT2D eigenvalue weighted by Gasteiger charge is 2.46. The van der Waals surface area contributed by atoms with Crippen molar-refractivity contribution in [3.05, 3.63) is 34.4 Å². The monoisotopic (exact) mass is 425 g/mol. The Morgan fingerprint density at radius 1 is 1.23 bits per heavy atom. The smallest absolute Gasteiger partial charge is 0.223 e. The first-order chi connectivity index (χ1) is 14.7. The summed E-state index contributed by atoms with van der Waals surface area (Å²) in [5, 5.41) is 6.33. The van der Waals surface area contributed by atoms with Crippen LogP contribution in [0.1, 0.15) is 74.1 Å². The molecule has 1 amide bonds. The highest BCUT2D eigenvalue weighted by atomic mass is 16.5. The molecule has 0 bridgehead atoms. The number of nitrogens with one attached hydrogen (secondary N) is 2. The second-order valence-corrected chi connectivity index (χ2v) is 9.37. The maximum absolute atomic E-state index is 12.6. The van der Waals surface area contributed by atoms with Gasteiger partial charge in [0.2, 0.25) is 5.91 Å². The average Bonchev–Trinajstić information content (AvgIpc) is 3.45. The van der Waals surface area contributed by atoms with E-state index < -0.39 is 0 Å². The number of amides is 1. The molecule has 2 radical (unpaired) electrons. The number of carbonyl (C=O) groups is 2. The Morgan fingerprint density at radius 2 is 1.97 bits per heavy atom. The van der Waals surface area contributed by atoms with Gasteiger partial charge in [-0.2, -0.15) is 5.11 Å². The van der Waals surface area contributed by atoms with Gasteiger partial charge in [-0.3, -0.25) is 4.79 Å². The van der Waals surface area contributed by atoms with E-state index in [2.05, 4.69) is 50.3 Å². The Kier molecular flexibility index (Phi) is 9.42. The van der Waals surface area contributed by atoms with Crippen molar-refractivity contribution in [2.45, 2.75) is 71.1 Å². The lowest BCUT2D eigenvalue weighted by Crippen LogP contribution is -2.29. The highest BCUT2D eigenvalue weighted by molar-refractivity contribution is 6.57. The second kappa shape index (κ2) is 11.6. The SMILES string of the molecule is [B]C(=O)CC(C)(C)c1c(C)cc(C)cc1C1C[C@@H]1C(=O)NCCOCCCCCN=N. The summed E-state index contributed by atoms with van der Waals surface area (Å²) in [6, 6.07) is 4.30. The van der Waals surface area contributed by atoms with Gasteiger partial charge in [0.25, 0.3) is 0 Å². The summed E-state index contributed by atoms with van der Waals surface area (Å²) in [5.74, 6) is 0.227. The average molecular weight is 425 g/mol. The zero-order chi connectivity index (χ0) is 23.0. The predicted octanol–water partition coefficient (Wildman–Crippen LogP) is 4.10. The fourth-order valence-electron chi connectivity index (χ4n) is 4.62. The number of benzene rings is 1. The van der Waals surface area contributed by atoms with Gasteiger partial charge >= 0.3 is 0 Å². The summed E-state index contributed by atoms with van der Waals surface area (Å²) in [4.78, 5) is 24.3. The van der Waals surface area contributed by atoms with Crippen LogP contribution in [-0.2, 0) is 19.7 Å². The number of ether oxygens (including phenoxy) is 1. The third-order valence-electron chi connectivity index (χ3n) is 5.93. The molecule has 0 saturated heterocycles. The van der Waals surface area contributed by atoms with E-state index in [1.807, 2.05) is 0 Å². The molecule has 6 nitrogen and oxygen atoms in total. The van der Waals surface area contributed by atoms with Crippen molar-refractivity contribution in [3.8, 4) is 0 Å². The number of hydrogen-bond donors (Lipinski definition) is 2. The first-order valence-corrected chi connectivity index (χ1v) is 11.3. The quantitative estimate of drug-likeness (QED) is 0.267. The molecule has 168 valence electrons. The fourth-order valence-corrected chi connectivity index (χ4v) is 4.62. The van der Waals surface area contributed by atoms with Crippen molar-refractivity contribution in [2.75, 3.05) is 26.3 Å². The van der Waals surface area contributed by atoms with Gasteiger partial charge in [0.15, 0.2) is 7.85 Å². The molecule has 2 rings (SSSR count). The van der Waals surface area contributed by atoms with Gasteiger partial charge in [-0.15, -0.1) is 0 Å². The standard InChI is InChI=1S/C24H36BN3O3/c1-16-12-17(2)22(24(3,4)15-21(25)29)19(13-16)18-14-20(18)23(30)27-9-11-31-10-7-5-6-8-28-26/h12-13,18,20,26H,5-11,14-15H2,1-4H3,(H,27,30)/t18?,20-/m0/s1. The molecule has 2 N–H and O–H groups in total. The summed E-state index contributed by atoms with van der Waals surface area (Å²) < 4.78 is 5.57. The van der Waals surface area contributed by atoms with Crippen LogP contribution in [0.2, 0.25) is 0 Å². The van der Waals surface area contributed by atoms with E-state index in [4.69, 9.17) is 18.1 Å². The molecule has 1 aromatic carbocycles. The first kappa shape index (κ1) is 25.2. The highest BCUT2D eigenvalue weighted by Crippen LogP contribution is 2.51. The predicted molar refractivity (Wildman–Crippen MR) is 123 cm³/mol. The normalized spacial score (nSPS) is 17.9. The Labute approximate surface area is 187 Å². The zero-order valence-electron chi connectivity index (χ0n) is 19.4. The molecule has 0 aliphatic heterocycles. The summed E-state index contributed by atoms with van der Waals surface area (Å²) in [5.41, 5.74) is 10.7. The molecule has 31 heavy (non-hydrogen) atoms. The summed E-state index contributed by atoms with van der Waals surface area (Å²) >= 11 is 0. The number of aryl methyl sites for hydroxylation is 2. The summed E-state index contributed by atoms with van der Waals surface area (Å²) in [6.07, 6.45) is 3.98. The summed E-state index contributed by atoms with van der Waals surface area (Å²) in [7, 11) is 5.51. The number of carbonyl (C=O) groups excluding carboxylic acids is 2. The molecular formula is C24H36BN3O3. The molecule has 0 aromatic heterocycles. The Morgan fingerprint density at radius 3 is 2.65 bits per heavy atom. The molecule has 1 aromatic rings. The van der Waals surface area contributed by atoms with Gasteiger partial charge in [-0.1, -0.05) is 31.5 Å². The van der Waals surface area contributed by atoms with Crippen LogP contribution < -0.4 is 5.32 Å². The van der Waals surface area contributed by atoms with Crippen molar-refractivity contribution in [1.82, 2.24) is 5.32 Å². The molecule has 7 heteroatoms. The van der Waals surface area contributed by atoms with E-state index in [1.165, 1.54) is 11.1 Å². The van der Waals surface area contributed by atoms with Crippen LogP contribution in [0.15, 0.2) is 17.2 Å². The second-order valence-electron chi connectivity index (χ2n) is 9.37. The van der Waals surface area contributed by atoms with Gasteiger partial charge < -0.3 is 14.8 Å². The summed E-state index contributed by atoms with van der Waals surface area (Å²) in [6.45, 7) is 10.5. The van der Waals surface area contributed by atoms with Gasteiger partial charge in [0, 0.05) is 25.5 Å². The van der Waals surface area contributed by atoms with Crippen molar-refractivity contribution in [1.29, 1.82) is 5.53 Å². The molecular weight excluding hydrogens is 389 g/mol. The minimum Gasteiger partial charge on any atom is -0.380 e. The van der Waals surface area contributed by atoms with Gasteiger partial charge in [0.1, 0.15) is 0 Å². The molecule has 1 saturated carbocycles. The van der Waals surface area contributed by atoms with Crippen LogP contribution in [0.5, 0.6) is 0 Å². The first-order valence-electron chi connectivity index (χ1n) is 11.3.